The van der Waals surface area contributed by atoms with Gasteiger partial charge in [-0.3, -0.25) is 19.7 Å². The van der Waals surface area contributed by atoms with E-state index in [9.17, 15) is 24.5 Å². The summed E-state index contributed by atoms with van der Waals surface area (Å²) in [6, 6.07) is 18.6. The predicted molar refractivity (Wildman–Crippen MR) is 126 cm³/mol. The van der Waals surface area contributed by atoms with Gasteiger partial charge in [0.25, 0.3) is 5.69 Å². The van der Waals surface area contributed by atoms with Crippen LogP contribution < -0.4 is 0 Å². The molecule has 172 valence electrons. The Hall–Kier alpha value is -3.72. The highest BCUT2D eigenvalue weighted by molar-refractivity contribution is 8.00. The van der Waals surface area contributed by atoms with Gasteiger partial charge in [0.05, 0.1) is 10.3 Å². The first-order chi connectivity index (χ1) is 16.4. The highest BCUT2D eigenvalue weighted by Crippen LogP contribution is 2.44. The fourth-order valence-electron chi connectivity index (χ4n) is 4.45. The summed E-state index contributed by atoms with van der Waals surface area (Å²) in [7, 11) is 0. The van der Waals surface area contributed by atoms with Gasteiger partial charge in [0, 0.05) is 24.3 Å². The number of carbonyl (C=O) groups is 3. The zero-order chi connectivity index (χ0) is 23.8. The Labute approximate surface area is 199 Å². The molecule has 0 unspecified atom stereocenters. The number of thioether (sulfide) groups is 1. The van der Waals surface area contributed by atoms with Crippen molar-refractivity contribution in [1.29, 1.82) is 0 Å². The van der Waals surface area contributed by atoms with Gasteiger partial charge in [-0.15, -0.1) is 11.8 Å². The Bertz CT molecular complexity index is 1300. The van der Waals surface area contributed by atoms with Crippen LogP contribution in [0.4, 0.5) is 5.69 Å². The monoisotopic (exact) mass is 476 g/mol. The van der Waals surface area contributed by atoms with Crippen molar-refractivity contribution in [3.05, 3.63) is 88.0 Å². The maximum absolute atomic E-state index is 13.0. The molecular weight excluding hydrogens is 456 g/mol. The van der Waals surface area contributed by atoms with Gasteiger partial charge in [-0.25, -0.2) is 4.79 Å². The molecule has 0 N–H and O–H groups in total. The van der Waals surface area contributed by atoms with Crippen molar-refractivity contribution in [3.8, 4) is 0 Å². The Balaban J connectivity index is 1.21. The van der Waals surface area contributed by atoms with E-state index in [1.54, 1.807) is 0 Å². The van der Waals surface area contributed by atoms with E-state index >= 15 is 0 Å². The molecule has 0 radical (unpaired) electrons. The largest absolute Gasteiger partial charge is 0.459 e. The van der Waals surface area contributed by atoms with E-state index in [1.807, 2.05) is 42.5 Å². The first-order valence-corrected chi connectivity index (χ1v) is 11.8. The number of ether oxygens (including phenoxy) is 1. The Morgan fingerprint density at radius 3 is 2.56 bits per heavy atom. The van der Waals surface area contributed by atoms with E-state index in [1.165, 1.54) is 40.9 Å². The molecule has 0 bridgehead atoms. The van der Waals surface area contributed by atoms with Crippen molar-refractivity contribution in [2.24, 2.45) is 5.92 Å². The third kappa shape index (κ3) is 3.92. The minimum Gasteiger partial charge on any atom is -0.459 e. The number of hydrogen-bond acceptors (Lipinski definition) is 7. The van der Waals surface area contributed by atoms with Crippen LogP contribution in [0.15, 0.2) is 66.7 Å². The molecule has 0 spiro atoms. The van der Waals surface area contributed by atoms with Crippen LogP contribution in [0.1, 0.15) is 11.1 Å². The average molecular weight is 477 g/mol. The van der Waals surface area contributed by atoms with Crippen LogP contribution in [0.3, 0.4) is 0 Å². The van der Waals surface area contributed by atoms with E-state index in [0.29, 0.717) is 11.3 Å². The van der Waals surface area contributed by atoms with Crippen LogP contribution in [-0.2, 0) is 32.1 Å². The number of fused-ring (bicyclic) bond motifs is 2. The number of benzene rings is 3. The summed E-state index contributed by atoms with van der Waals surface area (Å²) < 4.78 is 5.35. The molecule has 5 rings (SSSR count). The van der Waals surface area contributed by atoms with Gasteiger partial charge >= 0.3 is 5.97 Å². The van der Waals surface area contributed by atoms with Gasteiger partial charge < -0.3 is 9.64 Å². The molecule has 8 nitrogen and oxygen atoms in total. The number of carbonyl (C=O) groups excluding carboxylic acids is 3. The third-order valence-corrected chi connectivity index (χ3v) is 7.58. The number of rotatable bonds is 7. The van der Waals surface area contributed by atoms with Gasteiger partial charge in [-0.1, -0.05) is 42.5 Å². The predicted octanol–water partition coefficient (Wildman–Crippen LogP) is 3.50. The van der Waals surface area contributed by atoms with Crippen LogP contribution in [0, 0.1) is 16.0 Å². The second kappa shape index (κ2) is 8.90. The topological polar surface area (TPSA) is 107 Å². The molecule has 9 heteroatoms. The van der Waals surface area contributed by atoms with Crippen molar-refractivity contribution in [1.82, 2.24) is 4.90 Å². The highest BCUT2D eigenvalue weighted by atomic mass is 32.2. The summed E-state index contributed by atoms with van der Waals surface area (Å²) in [5.41, 5.74) is 1.45. The number of nitrogens with zero attached hydrogens (tertiary/aromatic N) is 2. The molecule has 2 heterocycles. The normalized spacial score (nSPS) is 21.1. The van der Waals surface area contributed by atoms with E-state index in [4.69, 9.17) is 4.74 Å². The summed E-state index contributed by atoms with van der Waals surface area (Å²) in [4.78, 5) is 50.2. The van der Waals surface area contributed by atoms with Gasteiger partial charge in [0.1, 0.15) is 18.6 Å². The van der Waals surface area contributed by atoms with Crippen molar-refractivity contribution < 1.29 is 24.0 Å². The standard InChI is InChI=1S/C25H20N2O6S/c28-21(12-17-6-3-5-16-4-1-2-7-19(16)17)22-23(29)26-20(14-34-24(22)26)25(30)33-13-15-8-10-18(11-9-15)27(31)32/h1-11,20,22,24H,12-14H2/t20-,22+,24-/m0/s1. The molecule has 2 aliphatic heterocycles. The molecule has 0 saturated carbocycles. The van der Waals surface area contributed by atoms with Crippen molar-refractivity contribution >= 4 is 45.9 Å². The molecule has 3 aromatic carbocycles. The highest BCUT2D eigenvalue weighted by Gasteiger charge is 2.59. The SMILES string of the molecule is O=C(Cc1cccc2ccccc12)[C@@H]1C(=O)N2[C@H](C(=O)OCc3ccc([N+](=O)[O-])cc3)CS[C@@H]12. The Morgan fingerprint density at radius 1 is 1.06 bits per heavy atom. The fraction of sp³-hybridized carbons (Fsp3) is 0.240. The van der Waals surface area contributed by atoms with E-state index in [2.05, 4.69) is 0 Å². The lowest BCUT2D eigenvalue weighted by molar-refractivity contribution is -0.384. The van der Waals surface area contributed by atoms with Crippen molar-refractivity contribution in [2.45, 2.75) is 24.4 Å². The summed E-state index contributed by atoms with van der Waals surface area (Å²) in [5.74, 6) is -1.40. The fourth-order valence-corrected chi connectivity index (χ4v) is 6.00. The molecule has 0 aromatic heterocycles. The Morgan fingerprint density at radius 2 is 1.79 bits per heavy atom. The summed E-state index contributed by atoms with van der Waals surface area (Å²) in [5, 5.41) is 12.4. The molecule has 0 aliphatic carbocycles. The number of amides is 1. The third-order valence-electron chi connectivity index (χ3n) is 6.23. The minimum absolute atomic E-state index is 0.0458. The quantitative estimate of drug-likeness (QED) is 0.169. The van der Waals surface area contributed by atoms with E-state index in [0.717, 1.165) is 16.3 Å². The van der Waals surface area contributed by atoms with Gasteiger partial charge in [-0.2, -0.15) is 0 Å². The molecule has 2 fully saturated rings. The number of Topliss-reactive ketones (excluding diaryl/α,β-unsaturated/α-hetero) is 1. The number of nitro groups is 1. The second-order valence-corrected chi connectivity index (χ2v) is 9.43. The van der Waals surface area contributed by atoms with Crippen molar-refractivity contribution in [2.75, 3.05) is 5.75 Å². The second-order valence-electron chi connectivity index (χ2n) is 8.28. The Kier molecular flexibility index (Phi) is 5.79. The van der Waals surface area contributed by atoms with E-state index < -0.39 is 22.9 Å². The molecule has 3 atom stereocenters. The van der Waals surface area contributed by atoms with Gasteiger partial charge in [0.2, 0.25) is 5.91 Å². The van der Waals surface area contributed by atoms with Crippen LogP contribution in [-0.4, -0.2) is 44.7 Å². The number of β-lactam (4-membered cyclic amide) rings is 1. The van der Waals surface area contributed by atoms with Crippen LogP contribution in [0.5, 0.6) is 0 Å². The lowest BCUT2D eigenvalue weighted by atomic mass is 9.87. The number of ketones is 1. The lowest BCUT2D eigenvalue weighted by Gasteiger charge is -2.42. The number of nitro benzene ring substituents is 1. The van der Waals surface area contributed by atoms with Gasteiger partial charge in [0.15, 0.2) is 5.78 Å². The van der Waals surface area contributed by atoms with E-state index in [-0.39, 0.29) is 35.8 Å². The summed E-state index contributed by atoms with van der Waals surface area (Å²) in [6.45, 7) is -0.0475. The number of hydrogen-bond donors (Lipinski definition) is 0. The van der Waals surface area contributed by atoms with Crippen LogP contribution >= 0.6 is 11.8 Å². The molecule has 2 aliphatic rings. The van der Waals surface area contributed by atoms with Crippen LogP contribution in [0.2, 0.25) is 0 Å². The molecule has 2 saturated heterocycles. The molecule has 1 amide bonds. The zero-order valence-electron chi connectivity index (χ0n) is 18.0. The molecule has 34 heavy (non-hydrogen) atoms. The molecule has 3 aromatic rings. The first kappa shape index (κ1) is 22.1. The summed E-state index contributed by atoms with van der Waals surface area (Å²) in [6.07, 6.45) is 0.165. The maximum Gasteiger partial charge on any atom is 0.330 e. The minimum atomic E-state index is -0.753. The van der Waals surface area contributed by atoms with Gasteiger partial charge in [-0.05, 0) is 34.0 Å². The zero-order valence-corrected chi connectivity index (χ0v) is 18.8. The molecular formula is C25H20N2O6S. The first-order valence-electron chi connectivity index (χ1n) is 10.8. The van der Waals surface area contributed by atoms with Crippen molar-refractivity contribution in [3.63, 3.8) is 0 Å². The smallest absolute Gasteiger partial charge is 0.330 e. The average Bonchev–Trinajstić information content (AvgIpc) is 3.22. The lowest BCUT2D eigenvalue weighted by Crippen LogP contribution is -2.63. The maximum atomic E-state index is 13.0. The number of esters is 1. The summed E-state index contributed by atoms with van der Waals surface area (Å²) >= 11 is 1.42. The number of non-ortho nitro benzene ring substituents is 1. The van der Waals surface area contributed by atoms with Crippen LogP contribution in [0.25, 0.3) is 10.8 Å².